The summed E-state index contributed by atoms with van der Waals surface area (Å²) in [6, 6.07) is 25.6. The van der Waals surface area contributed by atoms with Crippen LogP contribution < -0.4 is 15.1 Å². The first kappa shape index (κ1) is 41.6. The van der Waals surface area contributed by atoms with Crippen molar-refractivity contribution in [2.24, 2.45) is 23.7 Å². The highest BCUT2D eigenvalue weighted by molar-refractivity contribution is 6.33. The van der Waals surface area contributed by atoms with E-state index >= 15 is 9.59 Å². The SMILES string of the molecule is O=C1[C@@H]2C[C@@H]3C(=CC[C@@H]4C(=O)N(c5ccc([N+](=O)[O-])cc5)C(=O)[C@@H]43)[C@H](c3ccc(OCc4ccccc4)cc3O)[C@]2(c2ccc(Cl)cc2)C(=O)N1Nc1ncc(C(F)(F)F)cc1Cl. The molecule has 18 heteroatoms. The van der Waals surface area contributed by atoms with E-state index in [1.54, 1.807) is 30.3 Å². The van der Waals surface area contributed by atoms with Crippen LogP contribution in [0.4, 0.5) is 30.4 Å². The number of nitro benzene ring substituents is 1. The van der Waals surface area contributed by atoms with Crippen LogP contribution in [0.15, 0.2) is 121 Å². The molecule has 4 amide bonds. The predicted octanol–water partition coefficient (Wildman–Crippen LogP) is 8.79. The number of nitrogens with zero attached hydrogens (tertiary/aromatic N) is 4. The molecule has 320 valence electrons. The minimum atomic E-state index is -4.80. The number of allylic oxidation sites excluding steroid dienone is 2. The number of rotatable bonds is 9. The van der Waals surface area contributed by atoms with Crippen molar-refractivity contribution in [1.82, 2.24) is 9.99 Å². The molecular weight excluding hydrogens is 866 g/mol. The molecule has 0 spiro atoms. The maximum absolute atomic E-state index is 15.5. The molecule has 4 aromatic carbocycles. The van der Waals surface area contributed by atoms with Crippen molar-refractivity contribution >= 4 is 64.0 Å². The van der Waals surface area contributed by atoms with Gasteiger partial charge in [-0.15, -0.1) is 0 Å². The van der Waals surface area contributed by atoms with Crippen molar-refractivity contribution < 1.29 is 47.1 Å². The number of imide groups is 2. The van der Waals surface area contributed by atoms with E-state index in [1.165, 1.54) is 42.5 Å². The minimum Gasteiger partial charge on any atom is -0.508 e. The molecule has 3 heterocycles. The largest absolute Gasteiger partial charge is 0.508 e. The highest BCUT2D eigenvalue weighted by atomic mass is 35.5. The van der Waals surface area contributed by atoms with E-state index in [9.17, 15) is 38.0 Å². The van der Waals surface area contributed by atoms with Crippen molar-refractivity contribution in [2.75, 3.05) is 10.3 Å². The van der Waals surface area contributed by atoms with Crippen LogP contribution >= 0.6 is 23.2 Å². The van der Waals surface area contributed by atoms with E-state index in [0.29, 0.717) is 33.4 Å². The summed E-state index contributed by atoms with van der Waals surface area (Å²) in [5, 5.41) is 23.8. The number of fused-ring (bicyclic) bond motifs is 4. The number of nitrogens with one attached hydrogen (secondary N) is 1. The number of amides is 4. The first-order chi connectivity index (χ1) is 30.1. The quantitative estimate of drug-likeness (QED) is 0.0631. The Bertz CT molecular complexity index is 2760. The second kappa shape index (κ2) is 15.5. The Labute approximate surface area is 365 Å². The van der Waals surface area contributed by atoms with Crippen LogP contribution in [0.25, 0.3) is 0 Å². The van der Waals surface area contributed by atoms with E-state index in [4.69, 9.17) is 27.9 Å². The van der Waals surface area contributed by atoms with Gasteiger partial charge in [0.05, 0.1) is 44.4 Å². The first-order valence-corrected chi connectivity index (χ1v) is 20.3. The average molecular weight is 899 g/mol. The van der Waals surface area contributed by atoms with Gasteiger partial charge >= 0.3 is 6.18 Å². The van der Waals surface area contributed by atoms with Crippen molar-refractivity contribution in [3.8, 4) is 11.5 Å². The maximum atomic E-state index is 15.5. The molecular formula is C45H32Cl2F3N5O8. The Morgan fingerprint density at radius 1 is 0.905 bits per heavy atom. The van der Waals surface area contributed by atoms with Gasteiger partial charge in [0.15, 0.2) is 5.82 Å². The number of alkyl halides is 3. The zero-order chi connectivity index (χ0) is 44.5. The number of carbonyl (C=O) groups excluding carboxylic acids is 4. The Morgan fingerprint density at radius 2 is 1.62 bits per heavy atom. The number of aromatic nitrogens is 1. The molecule has 5 aromatic rings. The molecule has 3 fully saturated rings. The Kier molecular flexibility index (Phi) is 10.3. The number of phenolic OH excluding ortho intramolecular Hbond substituents is 1. The lowest BCUT2D eigenvalue weighted by Crippen LogP contribution is -2.53. The number of aromatic hydroxyl groups is 1. The van der Waals surface area contributed by atoms with Gasteiger partial charge < -0.3 is 9.84 Å². The normalized spacial score (nSPS) is 24.1. The molecule has 9 rings (SSSR count). The number of non-ortho nitro benzene ring substituents is 1. The number of hydrogen-bond acceptors (Lipinski definition) is 10. The van der Waals surface area contributed by atoms with E-state index < -0.39 is 86.1 Å². The minimum absolute atomic E-state index is 0.0244. The molecule has 0 radical (unpaired) electrons. The molecule has 2 N–H and O–H groups in total. The lowest BCUT2D eigenvalue weighted by atomic mass is 9.49. The van der Waals surface area contributed by atoms with Gasteiger partial charge in [-0.25, -0.2) is 4.98 Å². The number of halogens is 5. The second-order valence-corrected chi connectivity index (χ2v) is 16.5. The van der Waals surface area contributed by atoms with Gasteiger partial charge in [0.25, 0.3) is 17.5 Å². The van der Waals surface area contributed by atoms with E-state index in [1.807, 2.05) is 30.3 Å². The fourth-order valence-electron chi connectivity index (χ4n) is 9.70. The predicted molar refractivity (Wildman–Crippen MR) is 221 cm³/mol. The number of carbonyl (C=O) groups is 4. The zero-order valence-corrected chi connectivity index (χ0v) is 34.0. The number of hydrazine groups is 1. The van der Waals surface area contributed by atoms with E-state index in [-0.39, 0.29) is 47.9 Å². The summed E-state index contributed by atoms with van der Waals surface area (Å²) in [5.74, 6) is -8.74. The van der Waals surface area contributed by atoms with Crippen LogP contribution in [0.2, 0.25) is 10.0 Å². The Hall–Kier alpha value is -6.78. The lowest BCUT2D eigenvalue weighted by Gasteiger charge is -2.50. The average Bonchev–Trinajstić information content (AvgIpc) is 3.64. The van der Waals surface area contributed by atoms with E-state index in [2.05, 4.69) is 10.4 Å². The highest BCUT2D eigenvalue weighted by Gasteiger charge is 2.70. The fourth-order valence-corrected chi connectivity index (χ4v) is 10.0. The Morgan fingerprint density at radius 3 is 2.27 bits per heavy atom. The van der Waals surface area contributed by atoms with Crippen LogP contribution in [0, 0.1) is 33.8 Å². The molecule has 0 bridgehead atoms. The summed E-state index contributed by atoms with van der Waals surface area (Å²) in [6.07, 6.45) is -2.68. The molecule has 0 unspecified atom stereocenters. The van der Waals surface area contributed by atoms with Crippen LogP contribution in [0.5, 0.6) is 11.5 Å². The molecule has 2 saturated heterocycles. The van der Waals surface area contributed by atoms with Crippen molar-refractivity contribution in [3.05, 3.63) is 163 Å². The molecule has 13 nitrogen and oxygen atoms in total. The molecule has 2 aliphatic heterocycles. The summed E-state index contributed by atoms with van der Waals surface area (Å²) in [5.41, 5.74) is 1.17. The number of hydrogen-bond donors (Lipinski definition) is 2. The summed E-state index contributed by atoms with van der Waals surface area (Å²) < 4.78 is 46.8. The topological polar surface area (TPSA) is 172 Å². The van der Waals surface area contributed by atoms with Crippen molar-refractivity contribution in [1.29, 1.82) is 0 Å². The van der Waals surface area contributed by atoms with Crippen molar-refractivity contribution in [2.45, 2.75) is 37.0 Å². The second-order valence-electron chi connectivity index (χ2n) is 15.7. The monoisotopic (exact) mass is 897 g/mol. The number of anilines is 2. The van der Waals surface area contributed by atoms with Gasteiger partial charge in [-0.3, -0.25) is 39.6 Å². The van der Waals surface area contributed by atoms with Gasteiger partial charge in [0, 0.05) is 40.9 Å². The van der Waals surface area contributed by atoms with Crippen LogP contribution in [-0.4, -0.2) is 43.7 Å². The van der Waals surface area contributed by atoms with Gasteiger partial charge in [-0.2, -0.15) is 18.2 Å². The smallest absolute Gasteiger partial charge is 0.417 e. The van der Waals surface area contributed by atoms with Crippen molar-refractivity contribution in [3.63, 3.8) is 0 Å². The summed E-state index contributed by atoms with van der Waals surface area (Å²) in [4.78, 5) is 74.8. The third kappa shape index (κ3) is 6.84. The highest BCUT2D eigenvalue weighted by Crippen LogP contribution is 2.65. The fraction of sp³-hybridized carbons (Fsp3) is 0.222. The molecule has 1 aromatic heterocycles. The number of benzene rings is 4. The lowest BCUT2D eigenvalue weighted by molar-refractivity contribution is -0.384. The number of nitro groups is 1. The molecule has 4 aliphatic rings. The number of phenols is 1. The summed E-state index contributed by atoms with van der Waals surface area (Å²) in [7, 11) is 0. The summed E-state index contributed by atoms with van der Waals surface area (Å²) in [6.45, 7) is 0.158. The molecule has 6 atom stereocenters. The van der Waals surface area contributed by atoms with E-state index in [0.717, 1.165) is 10.5 Å². The van der Waals surface area contributed by atoms with Gasteiger partial charge in [-0.05, 0) is 66.3 Å². The van der Waals surface area contributed by atoms with Crippen LogP contribution in [-0.2, 0) is 37.4 Å². The van der Waals surface area contributed by atoms with Gasteiger partial charge in [-0.1, -0.05) is 83.4 Å². The molecule has 63 heavy (non-hydrogen) atoms. The van der Waals surface area contributed by atoms with Gasteiger partial charge in [0.2, 0.25) is 11.8 Å². The zero-order valence-electron chi connectivity index (χ0n) is 32.5. The first-order valence-electron chi connectivity index (χ1n) is 19.5. The number of ether oxygens (including phenoxy) is 1. The van der Waals surface area contributed by atoms with Crippen LogP contribution in [0.1, 0.15) is 41.0 Å². The number of pyridine rings is 1. The third-order valence-electron chi connectivity index (χ3n) is 12.4. The van der Waals surface area contributed by atoms with Crippen LogP contribution in [0.3, 0.4) is 0 Å². The van der Waals surface area contributed by atoms with Gasteiger partial charge in [0.1, 0.15) is 18.1 Å². The Balaban J connectivity index is 1.19. The summed E-state index contributed by atoms with van der Waals surface area (Å²) >= 11 is 12.6. The molecule has 2 aliphatic carbocycles. The molecule has 1 saturated carbocycles. The third-order valence-corrected chi connectivity index (χ3v) is 13.0. The standard InChI is InChI=1S/C45H32Cl2F3N5O8/c46-26-8-6-24(7-9-26)44-34(41(58)54(43(44)60)52-39-35(47)18-25(21-51-39)45(48,49)50)20-33-30(38(44)31-15-14-29(19-36(31)56)63-22-23-4-2-1-3-5-23)16-17-32-37(33)42(59)53(40(32)57)27-10-12-28(13-11-27)55(61)62/h1-16,18-19,21,32-34,37-38,56H,17,20,22H2,(H,51,52)/t32-,33+,34-,37-,38+,44+/m0/s1. The maximum Gasteiger partial charge on any atom is 0.417 e.